The summed E-state index contributed by atoms with van der Waals surface area (Å²) in [5.41, 5.74) is 4.09. The number of hydrogen-bond donors (Lipinski definition) is 0. The lowest BCUT2D eigenvalue weighted by Gasteiger charge is -2.01. The highest BCUT2D eigenvalue weighted by molar-refractivity contribution is 6.42. The highest BCUT2D eigenvalue weighted by Gasteiger charge is 2.20. The third kappa shape index (κ3) is 5.76. The molecule has 0 N–H and O–H groups in total. The second-order valence-corrected chi connectivity index (χ2v) is 7.56. The largest absolute Gasteiger partial charge is 0.294 e. The van der Waals surface area contributed by atoms with Gasteiger partial charge in [-0.2, -0.15) is 0 Å². The van der Waals surface area contributed by atoms with Crippen molar-refractivity contribution in [1.82, 2.24) is 4.98 Å². The second kappa shape index (κ2) is 11.1. The zero-order valence-corrected chi connectivity index (χ0v) is 18.7. The van der Waals surface area contributed by atoms with E-state index in [1.807, 2.05) is 36.4 Å². The molecule has 0 fully saturated rings. The minimum Gasteiger partial charge on any atom is -0.294 e. The van der Waals surface area contributed by atoms with Gasteiger partial charge in [-0.15, -0.1) is 0 Å². The lowest BCUT2D eigenvalue weighted by atomic mass is 10.1. The van der Waals surface area contributed by atoms with E-state index in [2.05, 4.69) is 43.9 Å². The number of allylic oxidation sites excluding steroid dienone is 2. The summed E-state index contributed by atoms with van der Waals surface area (Å²) >= 11 is 0. The maximum absolute atomic E-state index is 14.2. The van der Waals surface area contributed by atoms with Crippen LogP contribution in [0.2, 0.25) is 0 Å². The van der Waals surface area contributed by atoms with Crippen molar-refractivity contribution in [3.05, 3.63) is 113 Å². The standard InChI is InChI=1S/C28H22F2N4/c1-31-19-26-25(33-28(34-26)23-9-6-10-24(29)27(23)30)11-3-2-7-20-12-14-21(15-13-20)16-17-22-8-4-5-18-32-22/h4-6,8-15,18-19H,2-3,7H2,1H3/b25-11+,31-19?. The summed E-state index contributed by atoms with van der Waals surface area (Å²) in [5, 5.41) is 0. The predicted molar refractivity (Wildman–Crippen MR) is 132 cm³/mol. The molecule has 2 aromatic carbocycles. The number of nitrogens with zero attached hydrogens (tertiary/aromatic N) is 4. The second-order valence-electron chi connectivity index (χ2n) is 7.56. The molecule has 0 spiro atoms. The van der Waals surface area contributed by atoms with Crippen molar-refractivity contribution in [3.8, 4) is 11.8 Å². The zero-order chi connectivity index (χ0) is 23.8. The first-order chi connectivity index (χ1) is 16.6. The Morgan fingerprint density at radius 3 is 2.56 bits per heavy atom. The Labute approximate surface area is 197 Å². The fourth-order valence-corrected chi connectivity index (χ4v) is 3.40. The van der Waals surface area contributed by atoms with Crippen LogP contribution in [0.1, 0.15) is 35.2 Å². The number of aromatic nitrogens is 1. The molecular formula is C28H22F2N4. The number of aryl methyl sites for hydroxylation is 1. The third-order valence-corrected chi connectivity index (χ3v) is 5.12. The van der Waals surface area contributed by atoms with E-state index in [1.165, 1.54) is 17.7 Å². The van der Waals surface area contributed by atoms with Gasteiger partial charge in [0.25, 0.3) is 0 Å². The van der Waals surface area contributed by atoms with Gasteiger partial charge in [0.1, 0.15) is 11.4 Å². The van der Waals surface area contributed by atoms with E-state index in [0.717, 1.165) is 36.6 Å². The Morgan fingerprint density at radius 1 is 0.941 bits per heavy atom. The van der Waals surface area contributed by atoms with E-state index in [1.54, 1.807) is 19.5 Å². The van der Waals surface area contributed by atoms with Crippen molar-refractivity contribution >= 4 is 17.8 Å². The summed E-state index contributed by atoms with van der Waals surface area (Å²) in [7, 11) is 1.63. The van der Waals surface area contributed by atoms with Crippen molar-refractivity contribution in [1.29, 1.82) is 0 Å². The molecule has 0 radical (unpaired) electrons. The first-order valence-electron chi connectivity index (χ1n) is 10.9. The highest BCUT2D eigenvalue weighted by Crippen LogP contribution is 2.20. The number of unbranched alkanes of at least 4 members (excludes halogenated alkanes) is 1. The normalized spacial score (nSPS) is 14.1. The first-order valence-corrected chi connectivity index (χ1v) is 10.9. The molecule has 1 aliphatic rings. The third-order valence-electron chi connectivity index (χ3n) is 5.12. The molecule has 0 saturated carbocycles. The van der Waals surface area contributed by atoms with Crippen molar-refractivity contribution in [2.45, 2.75) is 19.3 Å². The van der Waals surface area contributed by atoms with E-state index in [-0.39, 0.29) is 11.4 Å². The van der Waals surface area contributed by atoms with Gasteiger partial charge < -0.3 is 0 Å². The number of aliphatic imine (C=N–C) groups is 3. The van der Waals surface area contributed by atoms with Gasteiger partial charge in [-0.25, -0.2) is 23.7 Å². The van der Waals surface area contributed by atoms with Crippen molar-refractivity contribution < 1.29 is 8.78 Å². The lowest BCUT2D eigenvalue weighted by Crippen LogP contribution is -2.02. The minimum absolute atomic E-state index is 0.0386. The molecule has 168 valence electrons. The lowest BCUT2D eigenvalue weighted by molar-refractivity contribution is 0.507. The number of halogens is 2. The topological polar surface area (TPSA) is 50.0 Å². The van der Waals surface area contributed by atoms with Crippen LogP contribution < -0.4 is 0 Å². The van der Waals surface area contributed by atoms with E-state index in [9.17, 15) is 8.78 Å². The van der Waals surface area contributed by atoms with Crippen molar-refractivity contribution in [2.24, 2.45) is 15.0 Å². The van der Waals surface area contributed by atoms with Gasteiger partial charge >= 0.3 is 0 Å². The summed E-state index contributed by atoms with van der Waals surface area (Å²) in [5.74, 6) is 4.45. The van der Waals surface area contributed by atoms with E-state index in [4.69, 9.17) is 0 Å². The Balaban J connectivity index is 1.38. The number of rotatable bonds is 6. The predicted octanol–water partition coefficient (Wildman–Crippen LogP) is 5.57. The van der Waals surface area contributed by atoms with Crippen molar-refractivity contribution in [3.63, 3.8) is 0 Å². The van der Waals surface area contributed by atoms with Gasteiger partial charge in [0.05, 0.1) is 11.3 Å². The highest BCUT2D eigenvalue weighted by atomic mass is 19.2. The van der Waals surface area contributed by atoms with Crippen LogP contribution in [0.5, 0.6) is 0 Å². The Hall–Kier alpha value is -4.24. The van der Waals surface area contributed by atoms with Crippen LogP contribution in [0.15, 0.2) is 93.6 Å². The summed E-state index contributed by atoms with van der Waals surface area (Å²) in [6.07, 6.45) is 7.81. The van der Waals surface area contributed by atoms with Gasteiger partial charge in [-0.3, -0.25) is 4.99 Å². The fraction of sp³-hybridized carbons (Fsp3) is 0.143. The molecule has 6 heteroatoms. The smallest absolute Gasteiger partial charge is 0.169 e. The number of pyridine rings is 1. The van der Waals surface area contributed by atoms with Gasteiger partial charge in [0, 0.05) is 25.0 Å². The number of amidine groups is 1. The average molecular weight is 453 g/mol. The molecule has 0 amide bonds. The maximum atomic E-state index is 14.2. The molecule has 2 heterocycles. The molecule has 0 atom stereocenters. The number of hydrogen-bond acceptors (Lipinski definition) is 4. The minimum atomic E-state index is -0.952. The molecule has 4 nitrogen and oxygen atoms in total. The molecule has 0 unspecified atom stereocenters. The molecule has 0 saturated heterocycles. The van der Waals surface area contributed by atoms with E-state index in [0.29, 0.717) is 11.4 Å². The fourth-order valence-electron chi connectivity index (χ4n) is 3.40. The van der Waals surface area contributed by atoms with E-state index < -0.39 is 11.6 Å². The van der Waals surface area contributed by atoms with Crippen LogP contribution >= 0.6 is 0 Å². The zero-order valence-electron chi connectivity index (χ0n) is 18.7. The summed E-state index contributed by atoms with van der Waals surface area (Å²) in [6.45, 7) is 0. The summed E-state index contributed by atoms with van der Waals surface area (Å²) in [6, 6.07) is 17.8. The number of benzene rings is 2. The Kier molecular flexibility index (Phi) is 7.46. The average Bonchev–Trinajstić information content (AvgIpc) is 3.26. The SMILES string of the molecule is CN=CC1=NC(c2cccc(F)c2F)=N/C1=C/CCCc1ccc(C#Cc2ccccn2)cc1. The van der Waals surface area contributed by atoms with Gasteiger partial charge in [0.15, 0.2) is 17.5 Å². The Bertz CT molecular complexity index is 1340. The van der Waals surface area contributed by atoms with Crippen LogP contribution in [-0.2, 0) is 6.42 Å². The molecule has 0 bridgehead atoms. The van der Waals surface area contributed by atoms with Gasteiger partial charge in [-0.1, -0.05) is 36.3 Å². The Morgan fingerprint density at radius 2 is 1.79 bits per heavy atom. The molecular weight excluding hydrogens is 430 g/mol. The van der Waals surface area contributed by atoms with Crippen LogP contribution in [0.4, 0.5) is 8.78 Å². The summed E-state index contributed by atoms with van der Waals surface area (Å²) < 4.78 is 27.8. The van der Waals surface area contributed by atoms with Gasteiger partial charge in [0.2, 0.25) is 0 Å². The molecule has 4 rings (SSSR count). The van der Waals surface area contributed by atoms with Crippen LogP contribution in [-0.4, -0.2) is 29.8 Å². The monoisotopic (exact) mass is 452 g/mol. The molecule has 34 heavy (non-hydrogen) atoms. The molecule has 1 aromatic heterocycles. The first kappa shape index (κ1) is 22.9. The molecule has 1 aliphatic heterocycles. The van der Waals surface area contributed by atoms with Crippen molar-refractivity contribution in [2.75, 3.05) is 7.05 Å². The molecule has 0 aliphatic carbocycles. The summed E-state index contributed by atoms with van der Waals surface area (Å²) in [4.78, 5) is 17.0. The van der Waals surface area contributed by atoms with Crippen LogP contribution in [0.3, 0.4) is 0 Å². The maximum Gasteiger partial charge on any atom is 0.169 e. The van der Waals surface area contributed by atoms with Crippen LogP contribution in [0.25, 0.3) is 0 Å². The molecule has 3 aromatic rings. The van der Waals surface area contributed by atoms with E-state index >= 15 is 0 Å². The van der Waals surface area contributed by atoms with Gasteiger partial charge in [-0.05, 0) is 67.1 Å². The van der Waals surface area contributed by atoms with Crippen LogP contribution in [0, 0.1) is 23.5 Å². The quantitative estimate of drug-likeness (QED) is 0.274.